The van der Waals surface area contributed by atoms with E-state index in [4.69, 9.17) is 14.4 Å². The van der Waals surface area contributed by atoms with Crippen molar-refractivity contribution in [3.8, 4) is 11.3 Å². The van der Waals surface area contributed by atoms with Gasteiger partial charge in [-0.1, -0.05) is 60.7 Å². The molecule has 5 heteroatoms. The van der Waals surface area contributed by atoms with E-state index in [1.807, 2.05) is 67.6 Å². The smallest absolute Gasteiger partial charge is 0.219 e. The maximum absolute atomic E-state index is 12.0. The Hall–Kier alpha value is -3.73. The molecule has 2 heterocycles. The molecular formula is C25H23N3O2. The van der Waals surface area contributed by atoms with Crippen LogP contribution in [0.4, 0.5) is 0 Å². The van der Waals surface area contributed by atoms with Crippen LogP contribution in [-0.2, 0) is 17.6 Å². The molecule has 0 aliphatic rings. The highest BCUT2D eigenvalue weighted by Crippen LogP contribution is 2.16. The van der Waals surface area contributed by atoms with Crippen molar-refractivity contribution in [2.24, 2.45) is 4.99 Å². The Kier molecular flexibility index (Phi) is 5.99. The Morgan fingerprint density at radius 3 is 2.43 bits per heavy atom. The highest BCUT2D eigenvalue weighted by molar-refractivity contribution is 5.61. The molecular weight excluding hydrogens is 374 g/mol. The second kappa shape index (κ2) is 9.18. The summed E-state index contributed by atoms with van der Waals surface area (Å²) in [5.41, 5.74) is 4.15. The van der Waals surface area contributed by atoms with Crippen LogP contribution in [0.5, 0.6) is 0 Å². The molecule has 0 fully saturated rings. The van der Waals surface area contributed by atoms with E-state index < -0.39 is 0 Å². The van der Waals surface area contributed by atoms with E-state index in [9.17, 15) is 4.79 Å². The van der Waals surface area contributed by atoms with Crippen molar-refractivity contribution >= 4 is 6.41 Å². The molecule has 4 aromatic rings. The molecule has 2 aromatic heterocycles. The summed E-state index contributed by atoms with van der Waals surface area (Å²) in [5.74, 6) is 0.863. The number of rotatable bonds is 7. The zero-order chi connectivity index (χ0) is 20.8. The standard InChI is InChI=1S/C25H23N3O2/c1-19(15-22-13-8-14-30-22)26-25-23(16-20-9-4-2-5-10-20)27-24(17-28(25)18-29)21-11-6-3-7-12-21/h2-14,17-19H,15-16H2,1H3. The largest absolute Gasteiger partial charge is 0.469 e. The van der Waals surface area contributed by atoms with Gasteiger partial charge in [-0.2, -0.15) is 0 Å². The van der Waals surface area contributed by atoms with Gasteiger partial charge in [0.25, 0.3) is 0 Å². The second-order valence-electron chi connectivity index (χ2n) is 7.20. The zero-order valence-corrected chi connectivity index (χ0v) is 16.8. The third-order valence-electron chi connectivity index (χ3n) is 4.84. The quantitative estimate of drug-likeness (QED) is 0.437. The van der Waals surface area contributed by atoms with Crippen molar-refractivity contribution in [1.29, 1.82) is 0 Å². The van der Waals surface area contributed by atoms with Crippen LogP contribution in [0.1, 0.15) is 23.9 Å². The summed E-state index contributed by atoms with van der Waals surface area (Å²) in [4.78, 5) is 21.7. The molecule has 5 nitrogen and oxygen atoms in total. The van der Waals surface area contributed by atoms with Crippen LogP contribution in [0.15, 0.2) is 94.7 Å². The number of aromatic nitrogens is 2. The Morgan fingerprint density at radius 1 is 1.03 bits per heavy atom. The summed E-state index contributed by atoms with van der Waals surface area (Å²) < 4.78 is 6.98. The number of carbonyl (C=O) groups is 1. The van der Waals surface area contributed by atoms with E-state index in [1.165, 1.54) is 4.57 Å². The molecule has 0 saturated carbocycles. The lowest BCUT2D eigenvalue weighted by molar-refractivity contribution is 0.489. The van der Waals surface area contributed by atoms with Crippen LogP contribution < -0.4 is 5.49 Å². The number of benzene rings is 2. The molecule has 0 aliphatic heterocycles. The predicted octanol–water partition coefficient (Wildman–Crippen LogP) is 4.30. The summed E-state index contributed by atoms with van der Waals surface area (Å²) in [6.45, 7) is 2.01. The van der Waals surface area contributed by atoms with Crippen molar-refractivity contribution in [1.82, 2.24) is 9.55 Å². The summed E-state index contributed by atoms with van der Waals surface area (Å²) in [6, 6.07) is 23.7. The first-order valence-electron chi connectivity index (χ1n) is 9.96. The maximum atomic E-state index is 12.0. The Labute approximate surface area is 175 Å². The van der Waals surface area contributed by atoms with E-state index >= 15 is 0 Å². The normalized spacial score (nSPS) is 12.6. The van der Waals surface area contributed by atoms with Gasteiger partial charge in [-0.15, -0.1) is 0 Å². The molecule has 30 heavy (non-hydrogen) atoms. The van der Waals surface area contributed by atoms with Crippen LogP contribution in [0.2, 0.25) is 0 Å². The Bertz CT molecular complexity index is 1160. The van der Waals surface area contributed by atoms with Gasteiger partial charge in [-0.25, -0.2) is 4.98 Å². The fraction of sp³-hybridized carbons (Fsp3) is 0.160. The van der Waals surface area contributed by atoms with E-state index in [1.54, 1.807) is 12.5 Å². The maximum Gasteiger partial charge on any atom is 0.219 e. The first-order valence-corrected chi connectivity index (χ1v) is 9.96. The highest BCUT2D eigenvalue weighted by Gasteiger charge is 2.12. The fourth-order valence-electron chi connectivity index (χ4n) is 3.42. The average Bonchev–Trinajstić information content (AvgIpc) is 3.29. The van der Waals surface area contributed by atoms with Gasteiger partial charge in [0.1, 0.15) is 5.76 Å². The molecule has 0 radical (unpaired) electrons. The van der Waals surface area contributed by atoms with Crippen molar-refractivity contribution in [3.05, 3.63) is 108 Å². The van der Waals surface area contributed by atoms with Gasteiger partial charge >= 0.3 is 0 Å². The first-order chi connectivity index (χ1) is 14.7. The van der Waals surface area contributed by atoms with Crippen LogP contribution in [0.25, 0.3) is 11.3 Å². The van der Waals surface area contributed by atoms with Gasteiger partial charge < -0.3 is 4.42 Å². The molecule has 0 spiro atoms. The molecule has 1 atom stereocenters. The molecule has 4 rings (SSSR count). The van der Waals surface area contributed by atoms with Crippen molar-refractivity contribution < 1.29 is 9.21 Å². The lowest BCUT2D eigenvalue weighted by atomic mass is 10.1. The summed E-state index contributed by atoms with van der Waals surface area (Å²) >= 11 is 0. The Morgan fingerprint density at radius 2 is 1.77 bits per heavy atom. The number of furan rings is 1. The molecule has 0 saturated heterocycles. The highest BCUT2D eigenvalue weighted by atomic mass is 16.3. The fourth-order valence-corrected chi connectivity index (χ4v) is 3.42. The zero-order valence-electron chi connectivity index (χ0n) is 16.8. The Balaban J connectivity index is 1.81. The van der Waals surface area contributed by atoms with Gasteiger partial charge in [-0.3, -0.25) is 14.4 Å². The third-order valence-corrected chi connectivity index (χ3v) is 4.84. The van der Waals surface area contributed by atoms with Crippen LogP contribution in [0.3, 0.4) is 0 Å². The molecule has 0 amide bonds. The minimum Gasteiger partial charge on any atom is -0.469 e. The van der Waals surface area contributed by atoms with E-state index in [0.717, 1.165) is 34.7 Å². The van der Waals surface area contributed by atoms with E-state index in [2.05, 4.69) is 12.1 Å². The van der Waals surface area contributed by atoms with Gasteiger partial charge in [0.15, 0.2) is 5.49 Å². The number of nitrogens with zero attached hydrogens (tertiary/aromatic N) is 3. The monoisotopic (exact) mass is 397 g/mol. The molecule has 0 N–H and O–H groups in total. The molecule has 150 valence electrons. The van der Waals surface area contributed by atoms with Gasteiger partial charge in [0, 0.05) is 24.6 Å². The minimum atomic E-state index is -0.0683. The summed E-state index contributed by atoms with van der Waals surface area (Å²) in [7, 11) is 0. The van der Waals surface area contributed by atoms with Crippen molar-refractivity contribution in [2.45, 2.75) is 25.8 Å². The van der Waals surface area contributed by atoms with Crippen molar-refractivity contribution in [2.75, 3.05) is 0 Å². The van der Waals surface area contributed by atoms with Gasteiger partial charge in [-0.05, 0) is 24.6 Å². The van der Waals surface area contributed by atoms with Gasteiger partial charge in [0.2, 0.25) is 6.41 Å². The third kappa shape index (κ3) is 4.63. The molecule has 2 aromatic carbocycles. The minimum absolute atomic E-state index is 0.0683. The van der Waals surface area contributed by atoms with E-state index in [0.29, 0.717) is 18.3 Å². The van der Waals surface area contributed by atoms with Crippen molar-refractivity contribution in [3.63, 3.8) is 0 Å². The summed E-state index contributed by atoms with van der Waals surface area (Å²) in [6.07, 6.45) is 5.43. The van der Waals surface area contributed by atoms with Crippen LogP contribution >= 0.6 is 0 Å². The number of hydrogen-bond donors (Lipinski definition) is 0. The molecule has 0 aliphatic carbocycles. The lowest BCUT2D eigenvalue weighted by Gasteiger charge is -2.12. The molecule has 0 bridgehead atoms. The number of hydrogen-bond acceptors (Lipinski definition) is 4. The first kappa shape index (κ1) is 19.6. The summed E-state index contributed by atoms with van der Waals surface area (Å²) in [5, 5.41) is 0. The second-order valence-corrected chi connectivity index (χ2v) is 7.20. The SMILES string of the molecule is CC(Cc1ccco1)N=c1c(Cc2ccccc2)nc(-c2ccccc2)cn1C=O. The number of carbonyl (C=O) groups excluding carboxylic acids is 1. The van der Waals surface area contributed by atoms with Crippen LogP contribution in [-0.4, -0.2) is 22.0 Å². The predicted molar refractivity (Wildman–Crippen MR) is 116 cm³/mol. The van der Waals surface area contributed by atoms with Crippen LogP contribution in [0, 0.1) is 0 Å². The van der Waals surface area contributed by atoms with E-state index in [-0.39, 0.29) is 6.04 Å². The topological polar surface area (TPSA) is 60.4 Å². The average molecular weight is 397 g/mol. The lowest BCUT2D eigenvalue weighted by Crippen LogP contribution is -2.29. The molecule has 1 unspecified atom stereocenters. The van der Waals surface area contributed by atoms with Gasteiger partial charge in [0.05, 0.1) is 23.7 Å².